The molecule has 0 aliphatic heterocycles. The van der Waals surface area contributed by atoms with Gasteiger partial charge in [-0.15, -0.1) is 0 Å². The lowest BCUT2D eigenvalue weighted by Crippen LogP contribution is -1.99. The zero-order valence-corrected chi connectivity index (χ0v) is 14.2. The number of carbonyl (C=O) groups is 1. The summed E-state index contributed by atoms with van der Waals surface area (Å²) < 4.78 is 1.91. The van der Waals surface area contributed by atoms with Crippen molar-refractivity contribution in [3.05, 3.63) is 88.8 Å². The Labute approximate surface area is 142 Å². The topological polar surface area (TPSA) is 34.9 Å². The van der Waals surface area contributed by atoms with Crippen molar-refractivity contribution >= 4 is 11.9 Å². The highest BCUT2D eigenvalue weighted by Crippen LogP contribution is 2.19. The van der Waals surface area contributed by atoms with E-state index in [1.54, 1.807) is 6.08 Å². The zero-order valence-electron chi connectivity index (χ0n) is 14.2. The van der Waals surface area contributed by atoms with E-state index in [9.17, 15) is 4.79 Å². The van der Waals surface area contributed by atoms with Crippen molar-refractivity contribution in [1.29, 1.82) is 0 Å². The molecule has 2 aromatic carbocycles. The summed E-state index contributed by atoms with van der Waals surface area (Å²) >= 11 is 0. The highest BCUT2D eigenvalue weighted by molar-refractivity contribution is 6.07. The summed E-state index contributed by atoms with van der Waals surface area (Å²) in [7, 11) is 0. The molecule has 0 atom stereocenters. The van der Waals surface area contributed by atoms with E-state index in [4.69, 9.17) is 0 Å². The van der Waals surface area contributed by atoms with E-state index in [-0.39, 0.29) is 5.78 Å². The van der Waals surface area contributed by atoms with Crippen molar-refractivity contribution < 1.29 is 4.79 Å². The highest BCUT2D eigenvalue weighted by atomic mass is 16.1. The number of aromatic nitrogens is 2. The summed E-state index contributed by atoms with van der Waals surface area (Å²) in [5.41, 5.74) is 5.65. The molecule has 120 valence electrons. The fourth-order valence-corrected chi connectivity index (χ4v) is 2.81. The number of carbonyl (C=O) groups excluding carboxylic acids is 1. The highest BCUT2D eigenvalue weighted by Gasteiger charge is 2.11. The maximum Gasteiger partial charge on any atom is 0.186 e. The van der Waals surface area contributed by atoms with Gasteiger partial charge in [-0.1, -0.05) is 42.5 Å². The van der Waals surface area contributed by atoms with Gasteiger partial charge in [-0.25, -0.2) is 4.68 Å². The predicted molar refractivity (Wildman–Crippen MR) is 97.6 cm³/mol. The van der Waals surface area contributed by atoms with Crippen LogP contribution in [-0.4, -0.2) is 15.6 Å². The van der Waals surface area contributed by atoms with Crippen LogP contribution in [0.3, 0.4) is 0 Å². The Bertz CT molecular complexity index is 905. The monoisotopic (exact) mass is 316 g/mol. The van der Waals surface area contributed by atoms with Crippen LogP contribution < -0.4 is 0 Å². The van der Waals surface area contributed by atoms with Crippen molar-refractivity contribution in [3.63, 3.8) is 0 Å². The Morgan fingerprint density at radius 2 is 1.62 bits per heavy atom. The average molecular weight is 316 g/mol. The van der Waals surface area contributed by atoms with Gasteiger partial charge in [0.25, 0.3) is 0 Å². The van der Waals surface area contributed by atoms with Crippen LogP contribution in [0.4, 0.5) is 0 Å². The number of allylic oxidation sites excluding steroid dienone is 1. The first kappa shape index (κ1) is 15.9. The number of aryl methyl sites for hydroxylation is 2. The van der Waals surface area contributed by atoms with Gasteiger partial charge < -0.3 is 0 Å². The maximum atomic E-state index is 12.4. The molecule has 3 nitrogen and oxygen atoms in total. The van der Waals surface area contributed by atoms with Crippen molar-refractivity contribution in [3.8, 4) is 5.69 Å². The van der Waals surface area contributed by atoms with Crippen molar-refractivity contribution in [2.75, 3.05) is 0 Å². The van der Waals surface area contributed by atoms with Crippen LogP contribution in [-0.2, 0) is 0 Å². The molecule has 1 heterocycles. The number of para-hydroxylation sites is 1. The van der Waals surface area contributed by atoms with Crippen molar-refractivity contribution in [2.24, 2.45) is 0 Å². The molecule has 3 heteroatoms. The van der Waals surface area contributed by atoms with Crippen LogP contribution in [0.15, 0.2) is 60.7 Å². The molecule has 0 aliphatic rings. The maximum absolute atomic E-state index is 12.4. The van der Waals surface area contributed by atoms with E-state index in [1.165, 1.54) is 0 Å². The molecule has 0 amide bonds. The molecule has 3 rings (SSSR count). The zero-order chi connectivity index (χ0) is 17.1. The third-order valence-electron chi connectivity index (χ3n) is 4.16. The standard InChI is InChI=1S/C21H20N2O/c1-15-9-7-8-12-19(15)21(24)14-13-20-16(2)22-23(17(20)3)18-10-5-4-6-11-18/h4-14H,1-3H3/b14-13+. The molecule has 3 aromatic rings. The quantitative estimate of drug-likeness (QED) is 0.517. The van der Waals surface area contributed by atoms with Crippen molar-refractivity contribution in [1.82, 2.24) is 9.78 Å². The van der Waals surface area contributed by atoms with Crippen LogP contribution in [0, 0.1) is 20.8 Å². The fourth-order valence-electron chi connectivity index (χ4n) is 2.81. The van der Waals surface area contributed by atoms with Crippen LogP contribution in [0.25, 0.3) is 11.8 Å². The van der Waals surface area contributed by atoms with Crippen LogP contribution in [0.1, 0.15) is 32.9 Å². The Kier molecular flexibility index (Phi) is 4.43. The van der Waals surface area contributed by atoms with Gasteiger partial charge in [-0.2, -0.15) is 5.10 Å². The number of hydrogen-bond donors (Lipinski definition) is 0. The lowest BCUT2D eigenvalue weighted by molar-refractivity contribution is 0.104. The van der Waals surface area contributed by atoms with Gasteiger partial charge in [-0.3, -0.25) is 4.79 Å². The third-order valence-corrected chi connectivity index (χ3v) is 4.16. The minimum absolute atomic E-state index is 0.0133. The second-order valence-corrected chi connectivity index (χ2v) is 5.84. The summed E-state index contributed by atoms with van der Waals surface area (Å²) in [6.07, 6.45) is 3.50. The summed E-state index contributed by atoms with van der Waals surface area (Å²) in [5, 5.41) is 4.60. The molecule has 0 aliphatic carbocycles. The molecule has 0 unspecified atom stereocenters. The van der Waals surface area contributed by atoms with Gasteiger partial charge in [0.05, 0.1) is 11.4 Å². The second kappa shape index (κ2) is 6.67. The Hall–Kier alpha value is -2.94. The number of nitrogens with zero attached hydrogens (tertiary/aromatic N) is 2. The average Bonchev–Trinajstić information content (AvgIpc) is 2.88. The first-order valence-corrected chi connectivity index (χ1v) is 7.97. The molecular formula is C21H20N2O. The van der Waals surface area contributed by atoms with E-state index in [0.717, 1.165) is 33.8 Å². The lowest BCUT2D eigenvalue weighted by atomic mass is 10.0. The Morgan fingerprint density at radius 1 is 0.958 bits per heavy atom. The number of benzene rings is 2. The fraction of sp³-hybridized carbons (Fsp3) is 0.143. The van der Waals surface area contributed by atoms with E-state index in [0.29, 0.717) is 0 Å². The first-order valence-electron chi connectivity index (χ1n) is 7.97. The Morgan fingerprint density at radius 3 is 2.33 bits per heavy atom. The van der Waals surface area contributed by atoms with Gasteiger partial charge in [0.1, 0.15) is 0 Å². The molecule has 0 radical (unpaired) electrons. The summed E-state index contributed by atoms with van der Waals surface area (Å²) in [6.45, 7) is 5.93. The smallest absolute Gasteiger partial charge is 0.186 e. The molecule has 0 bridgehead atoms. The molecular weight excluding hydrogens is 296 g/mol. The molecule has 1 aromatic heterocycles. The van der Waals surface area contributed by atoms with Gasteiger partial charge in [0.2, 0.25) is 0 Å². The molecule has 0 spiro atoms. The number of rotatable bonds is 4. The molecule has 0 saturated heterocycles. The first-order chi connectivity index (χ1) is 11.6. The SMILES string of the molecule is Cc1ccccc1C(=O)/C=C/c1c(C)nn(-c2ccccc2)c1C. The normalized spacial score (nSPS) is 11.1. The predicted octanol–water partition coefficient (Wildman–Crippen LogP) is 4.69. The van der Waals surface area contributed by atoms with Crippen LogP contribution >= 0.6 is 0 Å². The lowest BCUT2D eigenvalue weighted by Gasteiger charge is -2.03. The Balaban J connectivity index is 1.92. The summed E-state index contributed by atoms with van der Waals surface area (Å²) in [6, 6.07) is 17.6. The summed E-state index contributed by atoms with van der Waals surface area (Å²) in [5.74, 6) is 0.0133. The van der Waals surface area contributed by atoms with Gasteiger partial charge in [-0.05, 0) is 50.6 Å². The summed E-state index contributed by atoms with van der Waals surface area (Å²) in [4.78, 5) is 12.4. The van der Waals surface area contributed by atoms with E-state index >= 15 is 0 Å². The van der Waals surface area contributed by atoms with E-state index in [1.807, 2.05) is 86.1 Å². The number of ketones is 1. The second-order valence-electron chi connectivity index (χ2n) is 5.84. The van der Waals surface area contributed by atoms with Crippen LogP contribution in [0.2, 0.25) is 0 Å². The largest absolute Gasteiger partial charge is 0.289 e. The van der Waals surface area contributed by atoms with Crippen LogP contribution in [0.5, 0.6) is 0 Å². The third kappa shape index (κ3) is 3.06. The molecule has 0 saturated carbocycles. The minimum Gasteiger partial charge on any atom is -0.289 e. The molecule has 24 heavy (non-hydrogen) atoms. The molecule has 0 fully saturated rings. The van der Waals surface area contributed by atoms with E-state index < -0.39 is 0 Å². The van der Waals surface area contributed by atoms with Gasteiger partial charge >= 0.3 is 0 Å². The van der Waals surface area contributed by atoms with E-state index in [2.05, 4.69) is 5.10 Å². The van der Waals surface area contributed by atoms with Gasteiger partial charge in [0.15, 0.2) is 5.78 Å². The van der Waals surface area contributed by atoms with Crippen molar-refractivity contribution in [2.45, 2.75) is 20.8 Å². The number of hydrogen-bond acceptors (Lipinski definition) is 2. The molecule has 0 N–H and O–H groups in total. The minimum atomic E-state index is 0.0133. The van der Waals surface area contributed by atoms with Gasteiger partial charge in [0, 0.05) is 16.8 Å².